The van der Waals surface area contributed by atoms with Crippen molar-refractivity contribution in [2.45, 2.75) is 13.5 Å². The zero-order chi connectivity index (χ0) is 10.6. The second-order valence-corrected chi connectivity index (χ2v) is 3.45. The van der Waals surface area contributed by atoms with Gasteiger partial charge in [0.1, 0.15) is 0 Å². The Bertz CT molecular complexity index is 379. The molecule has 76 valence electrons. The molecule has 1 rings (SSSR count). The zero-order valence-corrected chi connectivity index (χ0v) is 8.71. The standard InChI is InChI=1S/C11H16N2O/c1-9-4-5-13(11(14)6-9)8-10(2)7-12-3/h4-6,12H,2,7-8H2,1,3H3. The van der Waals surface area contributed by atoms with E-state index in [1.54, 1.807) is 16.8 Å². The van der Waals surface area contributed by atoms with E-state index in [1.165, 1.54) is 0 Å². The average molecular weight is 192 g/mol. The van der Waals surface area contributed by atoms with Gasteiger partial charge in [-0.1, -0.05) is 6.58 Å². The van der Waals surface area contributed by atoms with E-state index in [0.717, 1.165) is 17.7 Å². The minimum atomic E-state index is 0.0299. The first-order valence-electron chi connectivity index (χ1n) is 4.62. The third-order valence-electron chi connectivity index (χ3n) is 1.97. The molecule has 1 N–H and O–H groups in total. The summed E-state index contributed by atoms with van der Waals surface area (Å²) in [6.45, 7) is 7.11. The van der Waals surface area contributed by atoms with Gasteiger partial charge in [0.15, 0.2) is 0 Å². The summed E-state index contributed by atoms with van der Waals surface area (Å²) >= 11 is 0. The Balaban J connectivity index is 2.77. The summed E-state index contributed by atoms with van der Waals surface area (Å²) in [5.41, 5.74) is 2.02. The highest BCUT2D eigenvalue weighted by molar-refractivity contribution is 5.09. The molecule has 0 spiro atoms. The number of pyridine rings is 1. The maximum atomic E-state index is 11.5. The Hall–Kier alpha value is -1.35. The van der Waals surface area contributed by atoms with Crippen molar-refractivity contribution in [1.82, 2.24) is 9.88 Å². The lowest BCUT2D eigenvalue weighted by atomic mass is 10.2. The second kappa shape index (κ2) is 4.77. The van der Waals surface area contributed by atoms with Gasteiger partial charge in [0.05, 0.1) is 0 Å². The van der Waals surface area contributed by atoms with Crippen LogP contribution in [0.2, 0.25) is 0 Å². The van der Waals surface area contributed by atoms with Gasteiger partial charge in [0.25, 0.3) is 5.56 Å². The van der Waals surface area contributed by atoms with E-state index >= 15 is 0 Å². The summed E-state index contributed by atoms with van der Waals surface area (Å²) in [5, 5.41) is 3.00. The molecule has 1 aromatic rings. The van der Waals surface area contributed by atoms with Crippen molar-refractivity contribution in [2.24, 2.45) is 0 Å². The fourth-order valence-electron chi connectivity index (χ4n) is 1.28. The average Bonchev–Trinajstić information content (AvgIpc) is 2.10. The number of nitrogens with zero attached hydrogens (tertiary/aromatic N) is 1. The van der Waals surface area contributed by atoms with Crippen LogP contribution < -0.4 is 10.9 Å². The lowest BCUT2D eigenvalue weighted by Gasteiger charge is -2.07. The van der Waals surface area contributed by atoms with Crippen molar-refractivity contribution in [3.8, 4) is 0 Å². The van der Waals surface area contributed by atoms with E-state index in [0.29, 0.717) is 6.54 Å². The van der Waals surface area contributed by atoms with Gasteiger partial charge in [-0.2, -0.15) is 0 Å². The fraction of sp³-hybridized carbons (Fsp3) is 0.364. The van der Waals surface area contributed by atoms with E-state index < -0.39 is 0 Å². The van der Waals surface area contributed by atoms with E-state index in [9.17, 15) is 4.79 Å². The summed E-state index contributed by atoms with van der Waals surface area (Å²) in [4.78, 5) is 11.5. The van der Waals surface area contributed by atoms with Gasteiger partial charge < -0.3 is 9.88 Å². The minimum Gasteiger partial charge on any atom is -0.316 e. The van der Waals surface area contributed by atoms with Crippen LogP contribution in [-0.2, 0) is 6.54 Å². The number of nitrogens with one attached hydrogen (secondary N) is 1. The molecule has 0 amide bonds. The Morgan fingerprint density at radius 1 is 1.64 bits per heavy atom. The maximum Gasteiger partial charge on any atom is 0.251 e. The predicted molar refractivity (Wildman–Crippen MR) is 58.5 cm³/mol. The monoisotopic (exact) mass is 192 g/mol. The Labute approximate surface area is 84.1 Å². The van der Waals surface area contributed by atoms with Gasteiger partial charge in [0.2, 0.25) is 0 Å². The molecule has 0 fully saturated rings. The second-order valence-electron chi connectivity index (χ2n) is 3.45. The minimum absolute atomic E-state index is 0.0299. The molecular weight excluding hydrogens is 176 g/mol. The largest absolute Gasteiger partial charge is 0.316 e. The van der Waals surface area contributed by atoms with Crippen molar-refractivity contribution in [3.63, 3.8) is 0 Å². The highest BCUT2D eigenvalue weighted by Gasteiger charge is 1.97. The zero-order valence-electron chi connectivity index (χ0n) is 8.71. The number of likely N-dealkylation sites (N-methyl/N-ethyl adjacent to an activating group) is 1. The number of hydrogen-bond acceptors (Lipinski definition) is 2. The summed E-state index contributed by atoms with van der Waals surface area (Å²) < 4.78 is 1.66. The number of aromatic nitrogens is 1. The van der Waals surface area contributed by atoms with Gasteiger partial charge in [-0.05, 0) is 31.2 Å². The highest BCUT2D eigenvalue weighted by Crippen LogP contribution is 1.95. The molecule has 1 heterocycles. The molecule has 0 aliphatic carbocycles. The first-order valence-corrected chi connectivity index (χ1v) is 4.62. The van der Waals surface area contributed by atoms with Gasteiger partial charge in [-0.3, -0.25) is 4.79 Å². The van der Waals surface area contributed by atoms with Crippen molar-refractivity contribution >= 4 is 0 Å². The third-order valence-corrected chi connectivity index (χ3v) is 1.97. The molecular formula is C11H16N2O. The fourth-order valence-corrected chi connectivity index (χ4v) is 1.28. The SMILES string of the molecule is C=C(CNC)Cn1ccc(C)cc1=O. The molecule has 0 bridgehead atoms. The molecule has 3 heteroatoms. The molecule has 14 heavy (non-hydrogen) atoms. The summed E-state index contributed by atoms with van der Waals surface area (Å²) in [6.07, 6.45) is 1.80. The predicted octanol–water partition coefficient (Wildman–Crippen LogP) is 0.932. The Morgan fingerprint density at radius 3 is 2.93 bits per heavy atom. The van der Waals surface area contributed by atoms with Crippen molar-refractivity contribution in [2.75, 3.05) is 13.6 Å². The molecule has 0 saturated heterocycles. The smallest absolute Gasteiger partial charge is 0.251 e. The van der Waals surface area contributed by atoms with Crippen LogP contribution in [0.15, 0.2) is 35.3 Å². The van der Waals surface area contributed by atoms with Gasteiger partial charge in [0, 0.05) is 25.4 Å². The normalized spacial score (nSPS) is 10.1. The number of hydrogen-bond donors (Lipinski definition) is 1. The quantitative estimate of drug-likeness (QED) is 0.720. The van der Waals surface area contributed by atoms with Crippen molar-refractivity contribution in [1.29, 1.82) is 0 Å². The third kappa shape index (κ3) is 2.85. The van der Waals surface area contributed by atoms with Gasteiger partial charge >= 0.3 is 0 Å². The molecule has 0 atom stereocenters. The molecule has 1 aromatic heterocycles. The van der Waals surface area contributed by atoms with Crippen LogP contribution in [0.5, 0.6) is 0 Å². The molecule has 0 saturated carbocycles. The van der Waals surface area contributed by atoms with Gasteiger partial charge in [-0.25, -0.2) is 0 Å². The first kappa shape index (κ1) is 10.7. The Kier molecular flexibility index (Phi) is 3.65. The van der Waals surface area contributed by atoms with Crippen LogP contribution in [0, 0.1) is 6.92 Å². The van der Waals surface area contributed by atoms with Gasteiger partial charge in [-0.15, -0.1) is 0 Å². The highest BCUT2D eigenvalue weighted by atomic mass is 16.1. The Morgan fingerprint density at radius 2 is 2.36 bits per heavy atom. The summed E-state index contributed by atoms with van der Waals surface area (Å²) in [5.74, 6) is 0. The molecule has 0 aliphatic rings. The van der Waals surface area contributed by atoms with Crippen LogP contribution in [0.25, 0.3) is 0 Å². The van der Waals surface area contributed by atoms with E-state index in [2.05, 4.69) is 11.9 Å². The molecule has 3 nitrogen and oxygen atoms in total. The summed E-state index contributed by atoms with van der Waals surface area (Å²) in [7, 11) is 1.86. The van der Waals surface area contributed by atoms with E-state index in [1.807, 2.05) is 20.0 Å². The summed E-state index contributed by atoms with van der Waals surface area (Å²) in [6, 6.07) is 3.56. The van der Waals surface area contributed by atoms with Crippen LogP contribution in [0.1, 0.15) is 5.56 Å². The molecule has 0 unspecified atom stereocenters. The topological polar surface area (TPSA) is 34.0 Å². The van der Waals surface area contributed by atoms with Crippen LogP contribution in [0.3, 0.4) is 0 Å². The van der Waals surface area contributed by atoms with Crippen LogP contribution >= 0.6 is 0 Å². The van der Waals surface area contributed by atoms with Crippen molar-refractivity contribution in [3.05, 3.63) is 46.4 Å². The van der Waals surface area contributed by atoms with Crippen molar-refractivity contribution < 1.29 is 0 Å². The maximum absolute atomic E-state index is 11.5. The van der Waals surface area contributed by atoms with E-state index in [4.69, 9.17) is 0 Å². The molecule has 0 aromatic carbocycles. The van der Waals surface area contributed by atoms with E-state index in [-0.39, 0.29) is 5.56 Å². The number of aryl methyl sites for hydroxylation is 1. The lowest BCUT2D eigenvalue weighted by Crippen LogP contribution is -2.22. The van der Waals surface area contributed by atoms with Crippen LogP contribution in [-0.4, -0.2) is 18.2 Å². The molecule has 0 radical (unpaired) electrons. The van der Waals surface area contributed by atoms with Crippen LogP contribution in [0.4, 0.5) is 0 Å². The first-order chi connectivity index (χ1) is 6.63. The number of rotatable bonds is 4. The lowest BCUT2D eigenvalue weighted by molar-refractivity contribution is 0.710. The molecule has 0 aliphatic heterocycles.